The lowest BCUT2D eigenvalue weighted by atomic mass is 10.2. The minimum atomic E-state index is -2.88. The van der Waals surface area contributed by atoms with Crippen LogP contribution in [0.25, 0.3) is 0 Å². The van der Waals surface area contributed by atoms with Crippen LogP contribution in [0.2, 0.25) is 0 Å². The Morgan fingerprint density at radius 2 is 1.95 bits per heavy atom. The van der Waals surface area contributed by atoms with Crippen LogP contribution in [0.5, 0.6) is 5.88 Å². The summed E-state index contributed by atoms with van der Waals surface area (Å²) in [7, 11) is -0.151. The van der Waals surface area contributed by atoms with Crippen molar-refractivity contribution in [1.29, 1.82) is 0 Å². The number of hydrogen-bond acceptors (Lipinski definition) is 7. The van der Waals surface area contributed by atoms with Crippen molar-refractivity contribution >= 4 is 21.6 Å². The van der Waals surface area contributed by atoms with E-state index < -0.39 is 15.8 Å². The van der Waals surface area contributed by atoms with Crippen LogP contribution in [-0.2, 0) is 14.6 Å². The van der Waals surface area contributed by atoms with Gasteiger partial charge in [0.05, 0.1) is 14.2 Å². The van der Waals surface area contributed by atoms with E-state index in [9.17, 15) is 13.2 Å². The van der Waals surface area contributed by atoms with Gasteiger partial charge in [-0.3, -0.25) is 0 Å². The summed E-state index contributed by atoms with van der Waals surface area (Å²) in [6, 6.07) is 3.26. The van der Waals surface area contributed by atoms with Gasteiger partial charge in [-0.25, -0.2) is 13.2 Å². The fourth-order valence-corrected chi connectivity index (χ4v) is 2.57. The van der Waals surface area contributed by atoms with Crippen molar-refractivity contribution in [2.24, 2.45) is 0 Å². The molecular formula is C14H22N2O5S. The maximum atomic E-state index is 11.5. The van der Waals surface area contributed by atoms with E-state index >= 15 is 0 Å². The smallest absolute Gasteiger partial charge is 0.343 e. The highest BCUT2D eigenvalue weighted by molar-refractivity contribution is 7.90. The molecule has 0 radical (unpaired) electrons. The highest BCUT2D eigenvalue weighted by atomic mass is 32.2. The first-order valence-corrected chi connectivity index (χ1v) is 8.98. The van der Waals surface area contributed by atoms with Gasteiger partial charge in [0.2, 0.25) is 5.88 Å². The maximum absolute atomic E-state index is 11.5. The van der Waals surface area contributed by atoms with Crippen LogP contribution in [0.1, 0.15) is 29.6 Å². The number of methoxy groups -OCH3 is 2. The summed E-state index contributed by atoms with van der Waals surface area (Å²) in [6.45, 7) is 0.664. The van der Waals surface area contributed by atoms with E-state index in [-0.39, 0.29) is 17.2 Å². The third-order valence-corrected chi connectivity index (χ3v) is 3.99. The summed E-state index contributed by atoms with van der Waals surface area (Å²) in [5.41, 5.74) is 0.267. The van der Waals surface area contributed by atoms with E-state index in [1.165, 1.54) is 20.5 Å². The molecule has 0 unspecified atom stereocenters. The van der Waals surface area contributed by atoms with Gasteiger partial charge in [0.25, 0.3) is 0 Å². The van der Waals surface area contributed by atoms with Crippen molar-refractivity contribution in [3.63, 3.8) is 0 Å². The number of ether oxygens (including phenoxy) is 2. The highest BCUT2D eigenvalue weighted by Gasteiger charge is 2.14. The minimum absolute atomic E-state index is 0.203. The zero-order valence-electron chi connectivity index (χ0n) is 13.1. The maximum Gasteiger partial charge on any atom is 0.343 e. The Hall–Kier alpha value is -1.83. The fraction of sp³-hybridized carbons (Fsp3) is 0.571. The van der Waals surface area contributed by atoms with Crippen molar-refractivity contribution in [1.82, 2.24) is 4.98 Å². The van der Waals surface area contributed by atoms with Crippen molar-refractivity contribution in [3.8, 4) is 5.88 Å². The molecular weight excluding hydrogens is 308 g/mol. The first kappa shape index (κ1) is 18.2. The molecule has 1 rings (SSSR count). The van der Waals surface area contributed by atoms with Gasteiger partial charge in [-0.15, -0.1) is 0 Å². The van der Waals surface area contributed by atoms with E-state index in [1.54, 1.807) is 12.1 Å². The molecule has 0 aliphatic carbocycles. The molecule has 0 aromatic carbocycles. The van der Waals surface area contributed by atoms with Gasteiger partial charge in [0, 0.05) is 18.6 Å². The first-order chi connectivity index (χ1) is 10.4. The van der Waals surface area contributed by atoms with Crippen LogP contribution in [0, 0.1) is 0 Å². The predicted octanol–water partition coefficient (Wildman–Crippen LogP) is 1.50. The molecule has 7 nitrogen and oxygen atoms in total. The molecule has 22 heavy (non-hydrogen) atoms. The van der Waals surface area contributed by atoms with E-state index in [4.69, 9.17) is 4.74 Å². The molecule has 8 heteroatoms. The highest BCUT2D eigenvalue weighted by Crippen LogP contribution is 2.19. The van der Waals surface area contributed by atoms with Crippen LogP contribution in [0.15, 0.2) is 12.1 Å². The monoisotopic (exact) mass is 330 g/mol. The number of pyridine rings is 1. The number of carbonyl (C=O) groups excluding carboxylic acids is 1. The second kappa shape index (κ2) is 8.57. The zero-order valence-corrected chi connectivity index (χ0v) is 13.9. The van der Waals surface area contributed by atoms with Gasteiger partial charge in [-0.05, 0) is 25.0 Å². The number of unbranched alkanes of at least 4 members (excludes halogenated alkanes) is 2. The molecule has 1 aromatic rings. The molecule has 0 saturated carbocycles. The van der Waals surface area contributed by atoms with Crippen LogP contribution in [-0.4, -0.2) is 52.1 Å². The molecule has 124 valence electrons. The predicted molar refractivity (Wildman–Crippen MR) is 84.2 cm³/mol. The molecule has 0 atom stereocenters. The van der Waals surface area contributed by atoms with Gasteiger partial charge >= 0.3 is 5.97 Å². The number of rotatable bonds is 9. The van der Waals surface area contributed by atoms with Gasteiger partial charge in [-0.2, -0.15) is 4.98 Å². The van der Waals surface area contributed by atoms with E-state index in [1.807, 2.05) is 0 Å². The largest absolute Gasteiger partial charge is 0.480 e. The van der Waals surface area contributed by atoms with Crippen LogP contribution < -0.4 is 10.1 Å². The molecule has 0 spiro atoms. The number of nitrogens with one attached hydrogen (secondary N) is 1. The van der Waals surface area contributed by atoms with Gasteiger partial charge in [-0.1, -0.05) is 6.42 Å². The molecule has 0 amide bonds. The van der Waals surface area contributed by atoms with E-state index in [2.05, 4.69) is 15.0 Å². The molecule has 0 aliphatic heterocycles. The topological polar surface area (TPSA) is 94.6 Å². The Morgan fingerprint density at radius 1 is 1.23 bits per heavy atom. The molecule has 0 aliphatic rings. The molecule has 1 heterocycles. The molecule has 1 aromatic heterocycles. The Balaban J connectivity index is 2.45. The number of sulfone groups is 1. The SMILES string of the molecule is COC(=O)c1ccc(NCCCCCS(C)(=O)=O)nc1OC. The Kier molecular flexibility index (Phi) is 7.10. The molecule has 0 saturated heterocycles. The summed E-state index contributed by atoms with van der Waals surface area (Å²) in [4.78, 5) is 15.7. The van der Waals surface area contributed by atoms with Crippen LogP contribution >= 0.6 is 0 Å². The summed E-state index contributed by atoms with van der Waals surface area (Å²) < 4.78 is 31.7. The number of aromatic nitrogens is 1. The summed E-state index contributed by atoms with van der Waals surface area (Å²) in [6.07, 6.45) is 3.54. The van der Waals surface area contributed by atoms with Crippen LogP contribution in [0.3, 0.4) is 0 Å². The number of nitrogens with zero attached hydrogens (tertiary/aromatic N) is 1. The average Bonchev–Trinajstić information content (AvgIpc) is 2.48. The molecule has 0 fully saturated rings. The standard InChI is InChI=1S/C14H22N2O5S/c1-20-13-11(14(17)21-2)7-8-12(16-13)15-9-5-4-6-10-22(3,18)19/h7-8H,4-6,9-10H2,1-3H3,(H,15,16). The minimum Gasteiger partial charge on any atom is -0.480 e. The number of anilines is 1. The zero-order chi connectivity index (χ0) is 16.6. The Bertz CT molecular complexity index is 601. The lowest BCUT2D eigenvalue weighted by molar-refractivity contribution is 0.0596. The number of hydrogen-bond donors (Lipinski definition) is 1. The van der Waals surface area contributed by atoms with E-state index in [0.29, 0.717) is 18.8 Å². The summed E-state index contributed by atoms with van der Waals surface area (Å²) in [5.74, 6) is 0.505. The third-order valence-electron chi connectivity index (χ3n) is 2.96. The Morgan fingerprint density at radius 3 is 2.55 bits per heavy atom. The van der Waals surface area contributed by atoms with Crippen molar-refractivity contribution < 1.29 is 22.7 Å². The summed E-state index contributed by atoms with van der Waals surface area (Å²) >= 11 is 0. The second-order valence-corrected chi connectivity index (χ2v) is 7.12. The number of carbonyl (C=O) groups is 1. The lowest BCUT2D eigenvalue weighted by Crippen LogP contribution is -2.09. The molecule has 1 N–H and O–H groups in total. The fourth-order valence-electron chi connectivity index (χ4n) is 1.84. The molecule has 0 bridgehead atoms. The second-order valence-electron chi connectivity index (χ2n) is 4.86. The summed E-state index contributed by atoms with van der Waals surface area (Å²) in [5, 5.41) is 3.11. The van der Waals surface area contributed by atoms with Crippen molar-refractivity contribution in [2.45, 2.75) is 19.3 Å². The van der Waals surface area contributed by atoms with Crippen LogP contribution in [0.4, 0.5) is 5.82 Å². The third kappa shape index (κ3) is 6.30. The quantitative estimate of drug-likeness (QED) is 0.541. The lowest BCUT2D eigenvalue weighted by Gasteiger charge is -2.09. The average molecular weight is 330 g/mol. The van der Waals surface area contributed by atoms with Gasteiger partial charge < -0.3 is 14.8 Å². The number of esters is 1. The van der Waals surface area contributed by atoms with Crippen molar-refractivity contribution in [2.75, 3.05) is 38.1 Å². The normalized spacial score (nSPS) is 11.0. The van der Waals surface area contributed by atoms with E-state index in [0.717, 1.165) is 12.8 Å². The first-order valence-electron chi connectivity index (χ1n) is 6.92. The van der Waals surface area contributed by atoms with Crippen molar-refractivity contribution in [3.05, 3.63) is 17.7 Å². The van der Waals surface area contributed by atoms with Gasteiger partial charge in [0.15, 0.2) is 0 Å². The van der Waals surface area contributed by atoms with Gasteiger partial charge in [0.1, 0.15) is 21.2 Å². The Labute approximate surface area is 130 Å².